The van der Waals surface area contributed by atoms with Crippen LogP contribution in [0.15, 0.2) is 44.7 Å². The second-order valence-corrected chi connectivity index (χ2v) is 8.85. The Morgan fingerprint density at radius 3 is 2.68 bits per heavy atom. The van der Waals surface area contributed by atoms with Crippen LogP contribution in [0.3, 0.4) is 0 Å². The summed E-state index contributed by atoms with van der Waals surface area (Å²) in [6.07, 6.45) is 1.55. The Hall–Kier alpha value is -3.19. The SMILES string of the molecule is COCc1c(Br)c(C)n(CC(=O)N/N=C/c2cc(C)n(-c3cccc(Cl)c3)c2C)c(=O)c1C#N. The molecule has 176 valence electrons. The molecule has 1 N–H and O–H groups in total. The van der Waals surface area contributed by atoms with Gasteiger partial charge in [0.05, 0.1) is 12.8 Å². The topological polar surface area (TPSA) is 101 Å². The van der Waals surface area contributed by atoms with Gasteiger partial charge in [0.25, 0.3) is 11.5 Å². The molecule has 2 aromatic heterocycles. The van der Waals surface area contributed by atoms with Crippen LogP contribution in [0.1, 0.15) is 33.8 Å². The van der Waals surface area contributed by atoms with Crippen LogP contribution in [0.5, 0.6) is 0 Å². The molecule has 0 fully saturated rings. The highest BCUT2D eigenvalue weighted by Gasteiger charge is 2.19. The van der Waals surface area contributed by atoms with E-state index in [0.29, 0.717) is 20.8 Å². The lowest BCUT2D eigenvalue weighted by Crippen LogP contribution is -2.33. The van der Waals surface area contributed by atoms with Gasteiger partial charge in [0.2, 0.25) is 0 Å². The van der Waals surface area contributed by atoms with Crippen molar-refractivity contribution >= 4 is 39.7 Å². The fraction of sp³-hybridized carbons (Fsp3) is 0.250. The number of hydrogen-bond acceptors (Lipinski definition) is 5. The quantitative estimate of drug-likeness (QED) is 0.357. The summed E-state index contributed by atoms with van der Waals surface area (Å²) in [5.41, 5.74) is 6.47. The molecule has 0 unspecified atom stereocenters. The molecule has 0 spiro atoms. The van der Waals surface area contributed by atoms with Crippen molar-refractivity contribution in [1.29, 1.82) is 5.26 Å². The summed E-state index contributed by atoms with van der Waals surface area (Å²) in [7, 11) is 1.48. The van der Waals surface area contributed by atoms with Gasteiger partial charge in [-0.3, -0.25) is 9.59 Å². The summed E-state index contributed by atoms with van der Waals surface area (Å²) in [5, 5.41) is 14.1. The zero-order valence-electron chi connectivity index (χ0n) is 19.1. The van der Waals surface area contributed by atoms with Gasteiger partial charge in [-0.15, -0.1) is 0 Å². The van der Waals surface area contributed by atoms with Gasteiger partial charge in [-0.2, -0.15) is 10.4 Å². The zero-order valence-corrected chi connectivity index (χ0v) is 21.5. The number of rotatable bonds is 7. The number of nitrogens with zero attached hydrogens (tertiary/aromatic N) is 4. The van der Waals surface area contributed by atoms with Crippen molar-refractivity contribution in [3.05, 3.63) is 84.0 Å². The maximum atomic E-state index is 12.8. The van der Waals surface area contributed by atoms with E-state index in [1.165, 1.54) is 11.7 Å². The molecule has 0 aliphatic rings. The third-order valence-electron chi connectivity index (χ3n) is 5.38. The first kappa shape index (κ1) is 25.4. The molecule has 8 nitrogen and oxygen atoms in total. The number of hydrazone groups is 1. The lowest BCUT2D eigenvalue weighted by Gasteiger charge is -2.15. The number of nitrogens with one attached hydrogen (secondary N) is 1. The van der Waals surface area contributed by atoms with Gasteiger partial charge in [0, 0.05) is 50.5 Å². The Morgan fingerprint density at radius 2 is 2.03 bits per heavy atom. The van der Waals surface area contributed by atoms with Gasteiger partial charge in [0.1, 0.15) is 18.2 Å². The van der Waals surface area contributed by atoms with Crippen molar-refractivity contribution < 1.29 is 9.53 Å². The van der Waals surface area contributed by atoms with Crippen LogP contribution in [-0.2, 0) is 22.7 Å². The number of carbonyl (C=O) groups excluding carboxylic acids is 1. The lowest BCUT2D eigenvalue weighted by atomic mass is 10.1. The Kier molecular flexibility index (Phi) is 8.10. The van der Waals surface area contributed by atoms with Crippen LogP contribution in [0.2, 0.25) is 5.02 Å². The van der Waals surface area contributed by atoms with Gasteiger partial charge >= 0.3 is 0 Å². The highest BCUT2D eigenvalue weighted by Crippen LogP contribution is 2.24. The average Bonchev–Trinajstić information content (AvgIpc) is 3.08. The first-order valence-corrected chi connectivity index (χ1v) is 11.4. The Morgan fingerprint density at radius 1 is 1.29 bits per heavy atom. The molecule has 1 amide bonds. The predicted octanol–water partition coefficient (Wildman–Crippen LogP) is 4.15. The maximum absolute atomic E-state index is 12.8. The van der Waals surface area contributed by atoms with Crippen LogP contribution in [0.25, 0.3) is 5.69 Å². The first-order chi connectivity index (χ1) is 16.2. The van der Waals surface area contributed by atoms with Crippen LogP contribution in [-0.4, -0.2) is 28.4 Å². The molecule has 2 heterocycles. The summed E-state index contributed by atoms with van der Waals surface area (Å²) >= 11 is 9.54. The molecule has 0 aliphatic heterocycles. The number of benzene rings is 1. The molecule has 34 heavy (non-hydrogen) atoms. The number of ether oxygens (including phenoxy) is 1. The Bertz CT molecular complexity index is 1380. The van der Waals surface area contributed by atoms with E-state index >= 15 is 0 Å². The number of hydrogen-bond donors (Lipinski definition) is 1. The number of aryl methyl sites for hydroxylation is 1. The van der Waals surface area contributed by atoms with E-state index in [2.05, 4.69) is 26.5 Å². The minimum atomic E-state index is -0.556. The first-order valence-electron chi connectivity index (χ1n) is 10.3. The number of halogens is 2. The average molecular weight is 545 g/mol. The van der Waals surface area contributed by atoms with Crippen molar-refractivity contribution in [2.24, 2.45) is 5.10 Å². The maximum Gasteiger partial charge on any atom is 0.269 e. The van der Waals surface area contributed by atoms with Gasteiger partial charge in [0.15, 0.2) is 0 Å². The van der Waals surface area contributed by atoms with Crippen LogP contribution in [0.4, 0.5) is 0 Å². The molecule has 3 aromatic rings. The standard InChI is InChI=1S/C24H23BrClN5O3/c1-14-8-17(15(2)31(14)19-7-5-6-18(26)9-19)11-28-29-22(32)12-30-16(3)23(25)21(13-34-4)20(10-27)24(30)33/h5-9,11H,12-13H2,1-4H3,(H,29,32)/b28-11+. The minimum absolute atomic E-state index is 0.0657. The van der Waals surface area contributed by atoms with E-state index in [9.17, 15) is 14.9 Å². The number of amides is 1. The normalized spacial score (nSPS) is 11.1. The Balaban J connectivity index is 1.80. The summed E-state index contributed by atoms with van der Waals surface area (Å²) < 4.78 is 8.92. The summed E-state index contributed by atoms with van der Waals surface area (Å²) in [5.74, 6) is -0.500. The number of carbonyl (C=O) groups is 1. The zero-order chi connectivity index (χ0) is 25.0. The number of nitriles is 1. The second-order valence-electron chi connectivity index (χ2n) is 7.62. The molecule has 0 saturated carbocycles. The molecule has 10 heteroatoms. The fourth-order valence-corrected chi connectivity index (χ4v) is 4.44. The molecule has 1 aromatic carbocycles. The lowest BCUT2D eigenvalue weighted by molar-refractivity contribution is -0.121. The van der Waals surface area contributed by atoms with Gasteiger partial charge < -0.3 is 13.9 Å². The van der Waals surface area contributed by atoms with Crippen molar-refractivity contribution in [1.82, 2.24) is 14.6 Å². The van der Waals surface area contributed by atoms with Crippen LogP contribution in [0, 0.1) is 32.1 Å². The van der Waals surface area contributed by atoms with E-state index < -0.39 is 11.5 Å². The molecule has 3 rings (SSSR count). The molecule has 0 aliphatic carbocycles. The summed E-state index contributed by atoms with van der Waals surface area (Å²) in [4.78, 5) is 25.3. The van der Waals surface area contributed by atoms with Gasteiger partial charge in [-0.25, -0.2) is 5.43 Å². The predicted molar refractivity (Wildman–Crippen MR) is 135 cm³/mol. The highest BCUT2D eigenvalue weighted by atomic mass is 79.9. The summed E-state index contributed by atoms with van der Waals surface area (Å²) in [6.45, 7) is 5.42. The third-order valence-corrected chi connectivity index (χ3v) is 6.67. The number of aromatic nitrogens is 2. The molecule has 0 radical (unpaired) electrons. The van der Waals surface area contributed by atoms with E-state index in [-0.39, 0.29) is 18.7 Å². The monoisotopic (exact) mass is 543 g/mol. The fourth-order valence-electron chi connectivity index (χ4n) is 3.73. The molecular formula is C24H23BrClN5O3. The second kappa shape index (κ2) is 10.8. The van der Waals surface area contributed by atoms with E-state index in [0.717, 1.165) is 22.6 Å². The summed E-state index contributed by atoms with van der Waals surface area (Å²) in [6, 6.07) is 11.4. The Labute approximate surface area is 210 Å². The molecule has 0 saturated heterocycles. The van der Waals surface area contributed by atoms with Crippen molar-refractivity contribution in [2.75, 3.05) is 7.11 Å². The molecular weight excluding hydrogens is 522 g/mol. The van der Waals surface area contributed by atoms with E-state index in [1.54, 1.807) is 13.1 Å². The van der Waals surface area contributed by atoms with Crippen molar-refractivity contribution in [3.8, 4) is 11.8 Å². The van der Waals surface area contributed by atoms with E-state index in [4.69, 9.17) is 16.3 Å². The molecule has 0 atom stereocenters. The highest BCUT2D eigenvalue weighted by molar-refractivity contribution is 9.10. The van der Waals surface area contributed by atoms with Crippen molar-refractivity contribution in [2.45, 2.75) is 33.9 Å². The smallest absolute Gasteiger partial charge is 0.269 e. The van der Waals surface area contributed by atoms with E-state index in [1.807, 2.05) is 54.8 Å². The molecule has 0 bridgehead atoms. The van der Waals surface area contributed by atoms with Crippen LogP contribution >= 0.6 is 27.5 Å². The third kappa shape index (κ3) is 5.14. The van der Waals surface area contributed by atoms with Crippen molar-refractivity contribution in [3.63, 3.8) is 0 Å². The largest absolute Gasteiger partial charge is 0.380 e. The number of pyridine rings is 1. The minimum Gasteiger partial charge on any atom is -0.380 e. The van der Waals surface area contributed by atoms with Gasteiger partial charge in [-0.05, 0) is 61.0 Å². The number of methoxy groups -OCH3 is 1. The van der Waals surface area contributed by atoms with Gasteiger partial charge in [-0.1, -0.05) is 17.7 Å². The van der Waals surface area contributed by atoms with Crippen LogP contribution < -0.4 is 11.0 Å².